The molecule has 28 heavy (non-hydrogen) atoms. The van der Waals surface area contributed by atoms with Crippen LogP contribution in [0.4, 0.5) is 5.69 Å². The van der Waals surface area contributed by atoms with Crippen molar-refractivity contribution in [3.8, 4) is 5.75 Å². The SMILES string of the molecule is CCCCCOc1ccccc1C1(C)Nc2ccccc2C(=O)N1CCCC. The Labute approximate surface area is 168 Å². The predicted molar refractivity (Wildman–Crippen MR) is 115 cm³/mol. The van der Waals surface area contributed by atoms with Gasteiger partial charge in [-0.15, -0.1) is 0 Å². The quantitative estimate of drug-likeness (QED) is 0.559. The van der Waals surface area contributed by atoms with Crippen molar-refractivity contribution >= 4 is 11.6 Å². The maximum atomic E-state index is 13.4. The smallest absolute Gasteiger partial charge is 0.258 e. The van der Waals surface area contributed by atoms with E-state index in [1.165, 1.54) is 6.42 Å². The lowest BCUT2D eigenvalue weighted by Gasteiger charge is -2.47. The average Bonchev–Trinajstić information content (AvgIpc) is 2.71. The van der Waals surface area contributed by atoms with Crippen molar-refractivity contribution < 1.29 is 9.53 Å². The molecular weight excluding hydrogens is 348 g/mol. The molecule has 0 bridgehead atoms. The number of hydrogen-bond acceptors (Lipinski definition) is 3. The number of nitrogens with zero attached hydrogens (tertiary/aromatic N) is 1. The van der Waals surface area contributed by atoms with Crippen LogP contribution < -0.4 is 10.1 Å². The standard InChI is InChI=1S/C24H32N2O2/c1-4-6-12-18-28-22-16-11-9-14-20(22)24(3)25-21-15-10-8-13-19(21)23(27)26(24)17-7-5-2/h8-11,13-16,25H,4-7,12,17-18H2,1-3H3. The van der Waals surface area contributed by atoms with Crippen molar-refractivity contribution in [3.05, 3.63) is 59.7 Å². The fourth-order valence-electron chi connectivity index (χ4n) is 3.84. The second kappa shape index (κ2) is 9.13. The molecule has 150 valence electrons. The number of amides is 1. The fraction of sp³-hybridized carbons (Fsp3) is 0.458. The van der Waals surface area contributed by atoms with Gasteiger partial charge < -0.3 is 15.0 Å². The van der Waals surface area contributed by atoms with E-state index in [1.807, 2.05) is 47.4 Å². The third-order valence-electron chi connectivity index (χ3n) is 5.47. The van der Waals surface area contributed by atoms with Crippen LogP contribution in [0.15, 0.2) is 48.5 Å². The third kappa shape index (κ3) is 4.01. The van der Waals surface area contributed by atoms with Crippen LogP contribution in [-0.2, 0) is 5.66 Å². The van der Waals surface area contributed by atoms with Gasteiger partial charge in [0, 0.05) is 17.8 Å². The lowest BCUT2D eigenvalue weighted by Crippen LogP contribution is -2.56. The Bertz CT molecular complexity index is 805. The van der Waals surface area contributed by atoms with E-state index in [9.17, 15) is 4.79 Å². The van der Waals surface area contributed by atoms with E-state index in [0.717, 1.165) is 48.2 Å². The van der Waals surface area contributed by atoms with E-state index in [-0.39, 0.29) is 5.91 Å². The van der Waals surface area contributed by atoms with Crippen molar-refractivity contribution in [1.29, 1.82) is 0 Å². The molecule has 3 rings (SSSR count). The summed E-state index contributed by atoms with van der Waals surface area (Å²) >= 11 is 0. The van der Waals surface area contributed by atoms with Gasteiger partial charge in [0.1, 0.15) is 11.4 Å². The number of benzene rings is 2. The normalized spacial score (nSPS) is 18.5. The van der Waals surface area contributed by atoms with Crippen LogP contribution in [0.5, 0.6) is 5.75 Å². The minimum atomic E-state index is -0.651. The molecular formula is C24H32N2O2. The Morgan fingerprint density at radius 3 is 2.46 bits per heavy atom. The van der Waals surface area contributed by atoms with Gasteiger partial charge in [-0.2, -0.15) is 0 Å². The molecule has 4 nitrogen and oxygen atoms in total. The second-order valence-corrected chi connectivity index (χ2v) is 7.60. The highest BCUT2D eigenvalue weighted by Crippen LogP contribution is 2.41. The van der Waals surface area contributed by atoms with Gasteiger partial charge in [-0.3, -0.25) is 4.79 Å². The maximum absolute atomic E-state index is 13.4. The maximum Gasteiger partial charge on any atom is 0.258 e. The molecule has 0 aromatic heterocycles. The van der Waals surface area contributed by atoms with Gasteiger partial charge >= 0.3 is 0 Å². The van der Waals surface area contributed by atoms with Crippen LogP contribution >= 0.6 is 0 Å². The number of anilines is 1. The Morgan fingerprint density at radius 1 is 0.964 bits per heavy atom. The number of carbonyl (C=O) groups is 1. The van der Waals surface area contributed by atoms with Crippen LogP contribution in [-0.4, -0.2) is 24.0 Å². The van der Waals surface area contributed by atoms with Crippen LogP contribution in [0.25, 0.3) is 0 Å². The summed E-state index contributed by atoms with van der Waals surface area (Å²) in [5.41, 5.74) is 1.97. The van der Waals surface area contributed by atoms with E-state index < -0.39 is 5.66 Å². The molecule has 1 aliphatic rings. The first-order chi connectivity index (χ1) is 13.6. The summed E-state index contributed by atoms with van der Waals surface area (Å²) in [7, 11) is 0. The molecule has 0 radical (unpaired) electrons. The zero-order valence-electron chi connectivity index (χ0n) is 17.3. The molecule has 0 spiro atoms. The summed E-state index contributed by atoms with van der Waals surface area (Å²) in [5.74, 6) is 0.924. The number of para-hydroxylation sites is 2. The monoisotopic (exact) mass is 380 g/mol. The Hall–Kier alpha value is -2.49. The fourth-order valence-corrected chi connectivity index (χ4v) is 3.84. The Morgan fingerprint density at radius 2 is 1.68 bits per heavy atom. The lowest BCUT2D eigenvalue weighted by atomic mass is 9.92. The summed E-state index contributed by atoms with van der Waals surface area (Å²) in [6.45, 7) is 7.83. The van der Waals surface area contributed by atoms with Crippen LogP contribution in [0.1, 0.15) is 68.8 Å². The van der Waals surface area contributed by atoms with Crippen molar-refractivity contribution in [1.82, 2.24) is 4.90 Å². The number of rotatable bonds is 9. The molecule has 1 amide bonds. The first-order valence-electron chi connectivity index (χ1n) is 10.5. The molecule has 0 aliphatic carbocycles. The largest absolute Gasteiger partial charge is 0.493 e. The number of unbranched alkanes of at least 4 members (excludes halogenated alkanes) is 3. The number of carbonyl (C=O) groups excluding carboxylic acids is 1. The van der Waals surface area contributed by atoms with Gasteiger partial charge in [0.05, 0.1) is 12.2 Å². The highest BCUT2D eigenvalue weighted by molar-refractivity contribution is 6.02. The molecule has 1 heterocycles. The predicted octanol–water partition coefficient (Wildman–Crippen LogP) is 5.80. The van der Waals surface area contributed by atoms with E-state index in [1.54, 1.807) is 0 Å². The van der Waals surface area contributed by atoms with Gasteiger partial charge in [-0.1, -0.05) is 63.4 Å². The molecule has 1 atom stereocenters. The minimum absolute atomic E-state index is 0.0751. The Balaban J connectivity index is 1.99. The number of hydrogen-bond donors (Lipinski definition) is 1. The van der Waals surface area contributed by atoms with Gasteiger partial charge in [0.2, 0.25) is 0 Å². The molecule has 1 unspecified atom stereocenters. The molecule has 4 heteroatoms. The number of fused-ring (bicyclic) bond motifs is 1. The summed E-state index contributed by atoms with van der Waals surface area (Å²) in [6.07, 6.45) is 5.37. The van der Waals surface area contributed by atoms with E-state index in [4.69, 9.17) is 4.74 Å². The minimum Gasteiger partial charge on any atom is -0.493 e. The van der Waals surface area contributed by atoms with E-state index in [2.05, 4.69) is 32.2 Å². The van der Waals surface area contributed by atoms with E-state index in [0.29, 0.717) is 13.2 Å². The van der Waals surface area contributed by atoms with Gasteiger partial charge in [-0.25, -0.2) is 0 Å². The first-order valence-corrected chi connectivity index (χ1v) is 10.5. The van der Waals surface area contributed by atoms with Crippen LogP contribution in [0, 0.1) is 0 Å². The van der Waals surface area contributed by atoms with Gasteiger partial charge in [0.15, 0.2) is 0 Å². The zero-order valence-corrected chi connectivity index (χ0v) is 17.3. The summed E-state index contributed by atoms with van der Waals surface area (Å²) < 4.78 is 6.16. The molecule has 0 saturated carbocycles. The molecule has 0 saturated heterocycles. The van der Waals surface area contributed by atoms with Crippen molar-refractivity contribution in [2.24, 2.45) is 0 Å². The summed E-state index contributed by atoms with van der Waals surface area (Å²) in [5, 5.41) is 3.65. The van der Waals surface area contributed by atoms with Crippen molar-refractivity contribution in [3.63, 3.8) is 0 Å². The number of ether oxygens (including phenoxy) is 1. The lowest BCUT2D eigenvalue weighted by molar-refractivity contribution is 0.0525. The van der Waals surface area contributed by atoms with Gasteiger partial charge in [-0.05, 0) is 38.0 Å². The zero-order chi connectivity index (χ0) is 20.0. The third-order valence-corrected chi connectivity index (χ3v) is 5.47. The molecule has 2 aromatic carbocycles. The second-order valence-electron chi connectivity index (χ2n) is 7.60. The molecule has 1 N–H and O–H groups in total. The topological polar surface area (TPSA) is 41.6 Å². The molecule has 2 aromatic rings. The molecule has 1 aliphatic heterocycles. The van der Waals surface area contributed by atoms with Crippen LogP contribution in [0.2, 0.25) is 0 Å². The van der Waals surface area contributed by atoms with Crippen molar-refractivity contribution in [2.45, 2.75) is 58.5 Å². The van der Waals surface area contributed by atoms with E-state index >= 15 is 0 Å². The Kier molecular flexibility index (Phi) is 6.61. The van der Waals surface area contributed by atoms with Crippen molar-refractivity contribution in [2.75, 3.05) is 18.5 Å². The van der Waals surface area contributed by atoms with Crippen LogP contribution in [0.3, 0.4) is 0 Å². The summed E-state index contributed by atoms with van der Waals surface area (Å²) in [4.78, 5) is 15.3. The first kappa shape index (κ1) is 20.2. The molecule has 0 fully saturated rings. The average molecular weight is 381 g/mol. The highest BCUT2D eigenvalue weighted by Gasteiger charge is 2.43. The highest BCUT2D eigenvalue weighted by atomic mass is 16.5. The number of nitrogens with one attached hydrogen (secondary N) is 1. The summed E-state index contributed by atoms with van der Waals surface area (Å²) in [6, 6.07) is 15.9. The van der Waals surface area contributed by atoms with Gasteiger partial charge in [0.25, 0.3) is 5.91 Å².